The fourth-order valence-corrected chi connectivity index (χ4v) is 2.05. The maximum atomic E-state index is 10.1. The van der Waals surface area contributed by atoms with Crippen molar-refractivity contribution >= 4 is 5.84 Å². The van der Waals surface area contributed by atoms with Crippen molar-refractivity contribution in [3.63, 3.8) is 0 Å². The Balaban J connectivity index is 2.40. The first-order chi connectivity index (χ1) is 7.11. The highest BCUT2D eigenvalue weighted by Crippen LogP contribution is 2.28. The summed E-state index contributed by atoms with van der Waals surface area (Å²) in [5.41, 5.74) is 4.92. The van der Waals surface area contributed by atoms with Gasteiger partial charge in [0.05, 0.1) is 11.6 Å². The summed E-state index contributed by atoms with van der Waals surface area (Å²) in [5.74, 6) is 0.180. The molecule has 1 unspecified atom stereocenters. The molecule has 15 heavy (non-hydrogen) atoms. The van der Waals surface area contributed by atoms with Crippen LogP contribution < -0.4 is 11.1 Å². The molecule has 5 nitrogen and oxygen atoms in total. The molecule has 88 valence electrons. The Morgan fingerprint density at radius 1 is 1.53 bits per heavy atom. The molecule has 1 rings (SSSR count). The predicted octanol–water partition coefficient (Wildman–Crippen LogP) is 0.406. The fraction of sp³-hybridized carbons (Fsp3) is 0.900. The molecule has 5 heteroatoms. The zero-order valence-corrected chi connectivity index (χ0v) is 9.24. The number of hydrogen-bond donors (Lipinski definition) is 4. The van der Waals surface area contributed by atoms with Crippen LogP contribution in [0.4, 0.5) is 0 Å². The predicted molar refractivity (Wildman–Crippen MR) is 58.9 cm³/mol. The number of amidine groups is 1. The van der Waals surface area contributed by atoms with Crippen molar-refractivity contribution in [1.29, 1.82) is 0 Å². The summed E-state index contributed by atoms with van der Waals surface area (Å²) in [7, 11) is 0. The van der Waals surface area contributed by atoms with Crippen molar-refractivity contribution in [1.82, 2.24) is 5.32 Å². The van der Waals surface area contributed by atoms with Crippen LogP contribution in [0, 0.1) is 0 Å². The minimum atomic E-state index is -0.594. The van der Waals surface area contributed by atoms with E-state index >= 15 is 0 Å². The molecular weight excluding hydrogens is 194 g/mol. The van der Waals surface area contributed by atoms with E-state index in [1.54, 1.807) is 0 Å². The minimum absolute atomic E-state index is 0.153. The second kappa shape index (κ2) is 5.32. The van der Waals surface area contributed by atoms with Gasteiger partial charge in [-0.1, -0.05) is 24.9 Å². The van der Waals surface area contributed by atoms with Crippen molar-refractivity contribution in [3.05, 3.63) is 0 Å². The van der Waals surface area contributed by atoms with Gasteiger partial charge >= 0.3 is 0 Å². The third-order valence-electron chi connectivity index (χ3n) is 3.09. The van der Waals surface area contributed by atoms with Gasteiger partial charge in [-0.05, 0) is 19.3 Å². The lowest BCUT2D eigenvalue weighted by molar-refractivity contribution is 0.0465. The van der Waals surface area contributed by atoms with Crippen LogP contribution in [0.1, 0.15) is 39.0 Å². The number of aliphatic hydroxyl groups is 1. The molecule has 0 bridgehead atoms. The monoisotopic (exact) mass is 215 g/mol. The first-order valence-corrected chi connectivity index (χ1v) is 5.54. The molecule has 0 spiro atoms. The molecule has 0 aliphatic heterocycles. The van der Waals surface area contributed by atoms with E-state index in [4.69, 9.17) is 10.9 Å². The summed E-state index contributed by atoms with van der Waals surface area (Å²) < 4.78 is 0. The maximum Gasteiger partial charge on any atom is 0.156 e. The lowest BCUT2D eigenvalue weighted by Gasteiger charge is -2.25. The normalized spacial score (nSPS) is 22.9. The Kier molecular flexibility index (Phi) is 4.35. The standard InChI is InChI=1S/C10H21N3O2/c1-2-8(9(11)13-15)12-7-10(14)5-3-4-6-10/h8,12,14-15H,2-7H2,1H3,(H2,11,13). The summed E-state index contributed by atoms with van der Waals surface area (Å²) in [4.78, 5) is 0. The zero-order valence-electron chi connectivity index (χ0n) is 9.24. The number of nitrogens with two attached hydrogens (primary N) is 1. The highest BCUT2D eigenvalue weighted by Gasteiger charge is 2.31. The molecular formula is C10H21N3O2. The largest absolute Gasteiger partial charge is 0.409 e. The average Bonchev–Trinajstić information content (AvgIpc) is 2.66. The number of nitrogens with one attached hydrogen (secondary N) is 1. The lowest BCUT2D eigenvalue weighted by atomic mass is 10.0. The van der Waals surface area contributed by atoms with Crippen LogP contribution in [0.15, 0.2) is 5.16 Å². The summed E-state index contributed by atoms with van der Waals surface area (Å²) in [6, 6.07) is -0.153. The average molecular weight is 215 g/mol. The number of hydrogen-bond acceptors (Lipinski definition) is 4. The molecule has 0 heterocycles. The summed E-state index contributed by atoms with van der Waals surface area (Å²) >= 11 is 0. The Morgan fingerprint density at radius 3 is 2.60 bits per heavy atom. The van der Waals surface area contributed by atoms with Crippen molar-refractivity contribution in [3.8, 4) is 0 Å². The van der Waals surface area contributed by atoms with E-state index in [9.17, 15) is 5.11 Å². The molecule has 0 aromatic heterocycles. The molecule has 5 N–H and O–H groups in total. The molecule has 0 radical (unpaired) electrons. The quantitative estimate of drug-likeness (QED) is 0.231. The van der Waals surface area contributed by atoms with Gasteiger partial charge in [0.25, 0.3) is 0 Å². The van der Waals surface area contributed by atoms with Gasteiger partial charge in [0.2, 0.25) is 0 Å². The Morgan fingerprint density at radius 2 is 2.13 bits per heavy atom. The second-order valence-electron chi connectivity index (χ2n) is 4.30. The van der Waals surface area contributed by atoms with Gasteiger partial charge in [0.15, 0.2) is 5.84 Å². The van der Waals surface area contributed by atoms with Gasteiger partial charge in [0.1, 0.15) is 0 Å². The maximum absolute atomic E-state index is 10.1. The van der Waals surface area contributed by atoms with Crippen molar-refractivity contribution in [2.45, 2.75) is 50.7 Å². The van der Waals surface area contributed by atoms with Gasteiger partial charge in [-0.2, -0.15) is 0 Å². The highest BCUT2D eigenvalue weighted by atomic mass is 16.4. The third kappa shape index (κ3) is 3.35. The van der Waals surface area contributed by atoms with Crippen LogP contribution in [0.25, 0.3) is 0 Å². The Hall–Kier alpha value is -0.810. The summed E-state index contributed by atoms with van der Waals surface area (Å²) in [6.07, 6.45) is 4.59. The molecule has 1 fully saturated rings. The van der Waals surface area contributed by atoms with Gasteiger partial charge < -0.3 is 21.4 Å². The number of oxime groups is 1. The number of nitrogens with zero attached hydrogens (tertiary/aromatic N) is 1. The smallest absolute Gasteiger partial charge is 0.156 e. The van der Waals surface area contributed by atoms with Crippen LogP contribution in [-0.4, -0.2) is 34.3 Å². The molecule has 1 atom stereocenters. The van der Waals surface area contributed by atoms with Gasteiger partial charge in [-0.15, -0.1) is 0 Å². The molecule has 0 amide bonds. The van der Waals surface area contributed by atoms with E-state index in [2.05, 4.69) is 10.5 Å². The topological polar surface area (TPSA) is 90.9 Å². The van der Waals surface area contributed by atoms with Gasteiger partial charge in [-0.25, -0.2) is 0 Å². The molecule has 1 aliphatic rings. The minimum Gasteiger partial charge on any atom is -0.409 e. The van der Waals surface area contributed by atoms with Crippen LogP contribution in [0.3, 0.4) is 0 Å². The summed E-state index contributed by atoms with van der Waals surface area (Å²) in [5, 5.41) is 24.8. The molecule has 0 aromatic rings. The van der Waals surface area contributed by atoms with E-state index in [-0.39, 0.29) is 11.9 Å². The van der Waals surface area contributed by atoms with Gasteiger partial charge in [0, 0.05) is 6.54 Å². The van der Waals surface area contributed by atoms with Crippen LogP contribution in [-0.2, 0) is 0 Å². The van der Waals surface area contributed by atoms with Crippen molar-refractivity contribution in [2.24, 2.45) is 10.9 Å². The van der Waals surface area contributed by atoms with Crippen LogP contribution in [0.2, 0.25) is 0 Å². The SMILES string of the molecule is CCC(NCC1(O)CCCC1)C(N)=NO. The van der Waals surface area contributed by atoms with E-state index < -0.39 is 5.60 Å². The molecule has 0 saturated heterocycles. The van der Waals surface area contributed by atoms with E-state index in [0.717, 1.165) is 32.1 Å². The first kappa shape index (κ1) is 12.3. The molecule has 1 saturated carbocycles. The fourth-order valence-electron chi connectivity index (χ4n) is 2.05. The number of rotatable bonds is 5. The van der Waals surface area contributed by atoms with Crippen molar-refractivity contribution < 1.29 is 10.3 Å². The van der Waals surface area contributed by atoms with Crippen LogP contribution in [0.5, 0.6) is 0 Å². The molecule has 0 aromatic carbocycles. The van der Waals surface area contributed by atoms with E-state index in [1.165, 1.54) is 0 Å². The van der Waals surface area contributed by atoms with E-state index in [1.807, 2.05) is 6.92 Å². The summed E-state index contributed by atoms with van der Waals surface area (Å²) in [6.45, 7) is 2.47. The van der Waals surface area contributed by atoms with Gasteiger partial charge in [-0.3, -0.25) is 0 Å². The van der Waals surface area contributed by atoms with E-state index in [0.29, 0.717) is 6.54 Å². The van der Waals surface area contributed by atoms with Crippen LogP contribution >= 0.6 is 0 Å². The highest BCUT2D eigenvalue weighted by molar-refractivity contribution is 5.85. The zero-order chi connectivity index (χ0) is 11.3. The molecule has 1 aliphatic carbocycles. The first-order valence-electron chi connectivity index (χ1n) is 5.54. The Labute approximate surface area is 90.3 Å². The second-order valence-corrected chi connectivity index (χ2v) is 4.30. The third-order valence-corrected chi connectivity index (χ3v) is 3.09. The lowest BCUT2D eigenvalue weighted by Crippen LogP contribution is -2.48. The van der Waals surface area contributed by atoms with Crippen molar-refractivity contribution in [2.75, 3.05) is 6.54 Å². The Bertz CT molecular complexity index is 225.